The second-order valence-electron chi connectivity index (χ2n) is 4.38. The van der Waals surface area contributed by atoms with Gasteiger partial charge in [-0.3, -0.25) is 10.1 Å². The molecular weight excluding hydrogens is 357 g/mol. The summed E-state index contributed by atoms with van der Waals surface area (Å²) < 4.78 is 6.32. The molecule has 0 radical (unpaired) electrons. The van der Waals surface area contributed by atoms with E-state index >= 15 is 0 Å². The molecule has 0 bridgehead atoms. The van der Waals surface area contributed by atoms with E-state index in [0.717, 1.165) is 5.56 Å². The topological polar surface area (TPSA) is 68.0 Å². The van der Waals surface area contributed by atoms with Gasteiger partial charge in [0, 0.05) is 6.08 Å². The normalized spacial score (nSPS) is 11.0. The number of hydrogen-bond acceptors (Lipinski definition) is 5. The standard InChI is InChI=1S/C15H9Cl2N3O2S/c16-11-8-10(13(17)23-11)14-19-20-15(22-14)18-12(21)7-6-9-4-2-1-3-5-9/h1-8H,(H,18,20,21)/b7-6+. The number of nitrogens with zero attached hydrogens (tertiary/aromatic N) is 2. The first-order valence-corrected chi connectivity index (χ1v) is 8.02. The molecule has 0 fully saturated rings. The van der Waals surface area contributed by atoms with Crippen molar-refractivity contribution in [2.75, 3.05) is 5.32 Å². The minimum Gasteiger partial charge on any atom is -0.403 e. The third-order valence-corrected chi connectivity index (χ3v) is 4.26. The molecule has 5 nitrogen and oxygen atoms in total. The Morgan fingerprint density at radius 1 is 1.22 bits per heavy atom. The molecule has 0 aliphatic carbocycles. The highest BCUT2D eigenvalue weighted by atomic mass is 35.5. The number of thiophene rings is 1. The summed E-state index contributed by atoms with van der Waals surface area (Å²) in [7, 11) is 0. The lowest BCUT2D eigenvalue weighted by Gasteiger charge is -1.95. The molecule has 0 saturated heterocycles. The van der Waals surface area contributed by atoms with Gasteiger partial charge in [0.05, 0.1) is 9.90 Å². The molecule has 0 unspecified atom stereocenters. The van der Waals surface area contributed by atoms with Crippen LogP contribution in [0.4, 0.5) is 6.01 Å². The number of benzene rings is 1. The van der Waals surface area contributed by atoms with Gasteiger partial charge in [-0.2, -0.15) is 0 Å². The van der Waals surface area contributed by atoms with E-state index in [1.807, 2.05) is 30.3 Å². The summed E-state index contributed by atoms with van der Waals surface area (Å²) in [5, 5.41) is 10.1. The molecule has 3 rings (SSSR count). The van der Waals surface area contributed by atoms with E-state index in [4.69, 9.17) is 27.6 Å². The summed E-state index contributed by atoms with van der Waals surface area (Å²) >= 11 is 13.1. The van der Waals surface area contributed by atoms with E-state index in [-0.39, 0.29) is 17.8 Å². The lowest BCUT2D eigenvalue weighted by molar-refractivity contribution is -0.112. The molecule has 8 heteroatoms. The van der Waals surface area contributed by atoms with Crippen molar-refractivity contribution in [1.82, 2.24) is 10.2 Å². The number of aromatic nitrogens is 2. The number of amides is 1. The Labute approximate surface area is 145 Å². The van der Waals surface area contributed by atoms with Crippen LogP contribution in [0.5, 0.6) is 0 Å². The van der Waals surface area contributed by atoms with Crippen molar-refractivity contribution >= 4 is 52.5 Å². The Bertz CT molecular complexity index is 859. The summed E-state index contributed by atoms with van der Waals surface area (Å²) in [5.74, 6) is -0.181. The van der Waals surface area contributed by atoms with Gasteiger partial charge in [0.1, 0.15) is 4.34 Å². The Balaban J connectivity index is 1.68. The molecule has 0 aliphatic heterocycles. The minimum absolute atomic E-state index is 0.0129. The van der Waals surface area contributed by atoms with Gasteiger partial charge in [0.2, 0.25) is 0 Å². The first-order valence-electron chi connectivity index (χ1n) is 6.44. The van der Waals surface area contributed by atoms with Crippen molar-refractivity contribution < 1.29 is 9.21 Å². The van der Waals surface area contributed by atoms with Gasteiger partial charge in [-0.05, 0) is 17.7 Å². The van der Waals surface area contributed by atoms with Crippen molar-refractivity contribution in [3.63, 3.8) is 0 Å². The Morgan fingerprint density at radius 2 is 2.00 bits per heavy atom. The third kappa shape index (κ3) is 3.98. The molecule has 0 spiro atoms. The molecule has 1 amide bonds. The summed E-state index contributed by atoms with van der Waals surface area (Å²) in [4.78, 5) is 11.8. The second-order valence-corrected chi connectivity index (χ2v) is 6.67. The third-order valence-electron chi connectivity index (χ3n) is 2.77. The number of rotatable bonds is 4. The van der Waals surface area contributed by atoms with Crippen LogP contribution in [0.15, 0.2) is 46.9 Å². The van der Waals surface area contributed by atoms with E-state index < -0.39 is 0 Å². The van der Waals surface area contributed by atoms with Crippen LogP contribution < -0.4 is 5.32 Å². The number of carbonyl (C=O) groups is 1. The number of hydrogen-bond donors (Lipinski definition) is 1. The zero-order valence-corrected chi connectivity index (χ0v) is 13.8. The van der Waals surface area contributed by atoms with E-state index in [9.17, 15) is 4.79 Å². The van der Waals surface area contributed by atoms with Gasteiger partial charge >= 0.3 is 6.01 Å². The van der Waals surface area contributed by atoms with Gasteiger partial charge in [-0.25, -0.2) is 0 Å². The number of carbonyl (C=O) groups excluding carboxylic acids is 1. The minimum atomic E-state index is -0.376. The quantitative estimate of drug-likeness (QED) is 0.676. The van der Waals surface area contributed by atoms with E-state index in [0.29, 0.717) is 14.2 Å². The maximum Gasteiger partial charge on any atom is 0.322 e. The molecule has 1 aromatic carbocycles. The van der Waals surface area contributed by atoms with Gasteiger partial charge in [0.15, 0.2) is 0 Å². The number of anilines is 1. The molecule has 2 aromatic heterocycles. The predicted molar refractivity (Wildman–Crippen MR) is 91.7 cm³/mol. The maximum absolute atomic E-state index is 11.8. The van der Waals surface area contributed by atoms with E-state index in [2.05, 4.69) is 15.5 Å². The van der Waals surface area contributed by atoms with Crippen molar-refractivity contribution in [3.05, 3.63) is 56.7 Å². The summed E-state index contributed by atoms with van der Waals surface area (Å²) in [6.45, 7) is 0. The Hall–Kier alpha value is -2.15. The lowest BCUT2D eigenvalue weighted by atomic mass is 10.2. The average molecular weight is 366 g/mol. The monoisotopic (exact) mass is 365 g/mol. The first-order chi connectivity index (χ1) is 11.1. The summed E-state index contributed by atoms with van der Waals surface area (Å²) in [6, 6.07) is 11.1. The SMILES string of the molecule is O=C(/C=C/c1ccccc1)Nc1nnc(-c2cc(Cl)sc2Cl)o1. The second kappa shape index (κ2) is 6.95. The van der Waals surface area contributed by atoms with Crippen LogP contribution in [-0.2, 0) is 4.79 Å². The number of nitrogens with one attached hydrogen (secondary N) is 1. The fourth-order valence-electron chi connectivity index (χ4n) is 1.75. The average Bonchev–Trinajstić information content (AvgIpc) is 3.12. The molecule has 23 heavy (non-hydrogen) atoms. The Kier molecular flexibility index (Phi) is 4.76. The highest BCUT2D eigenvalue weighted by Gasteiger charge is 2.15. The van der Waals surface area contributed by atoms with Gasteiger partial charge in [-0.1, -0.05) is 58.6 Å². The molecular formula is C15H9Cl2N3O2S. The van der Waals surface area contributed by atoms with Crippen molar-refractivity contribution in [2.24, 2.45) is 0 Å². The molecule has 3 aromatic rings. The molecule has 2 heterocycles. The summed E-state index contributed by atoms with van der Waals surface area (Å²) in [5.41, 5.74) is 1.45. The molecule has 0 atom stereocenters. The summed E-state index contributed by atoms with van der Waals surface area (Å²) in [6.07, 6.45) is 3.07. The Morgan fingerprint density at radius 3 is 2.70 bits per heavy atom. The van der Waals surface area contributed by atoms with Crippen molar-refractivity contribution in [1.29, 1.82) is 0 Å². The van der Waals surface area contributed by atoms with E-state index in [1.54, 1.807) is 12.1 Å². The smallest absolute Gasteiger partial charge is 0.322 e. The zero-order chi connectivity index (χ0) is 16.2. The van der Waals surface area contributed by atoms with Crippen LogP contribution in [0.3, 0.4) is 0 Å². The molecule has 1 N–H and O–H groups in total. The largest absolute Gasteiger partial charge is 0.403 e. The molecule has 0 aliphatic rings. The van der Waals surface area contributed by atoms with Crippen LogP contribution in [0.25, 0.3) is 17.5 Å². The predicted octanol–water partition coefficient (Wildman–Crippen LogP) is 4.76. The van der Waals surface area contributed by atoms with Crippen molar-refractivity contribution in [2.45, 2.75) is 0 Å². The fraction of sp³-hybridized carbons (Fsp3) is 0. The highest BCUT2D eigenvalue weighted by molar-refractivity contribution is 7.20. The maximum atomic E-state index is 11.8. The zero-order valence-electron chi connectivity index (χ0n) is 11.5. The van der Waals surface area contributed by atoms with Crippen LogP contribution in [0.2, 0.25) is 8.67 Å². The van der Waals surface area contributed by atoms with Crippen LogP contribution in [0.1, 0.15) is 5.56 Å². The number of halogens is 2. The molecule has 116 valence electrons. The molecule has 0 saturated carbocycles. The van der Waals surface area contributed by atoms with E-state index in [1.165, 1.54) is 17.4 Å². The van der Waals surface area contributed by atoms with Gasteiger partial charge < -0.3 is 4.42 Å². The van der Waals surface area contributed by atoms with Crippen molar-refractivity contribution in [3.8, 4) is 11.5 Å². The van der Waals surface area contributed by atoms with Crippen LogP contribution in [-0.4, -0.2) is 16.1 Å². The fourth-order valence-corrected chi connectivity index (χ4v) is 3.20. The van der Waals surface area contributed by atoms with Gasteiger partial charge in [-0.15, -0.1) is 16.4 Å². The van der Waals surface area contributed by atoms with Crippen LogP contribution >= 0.6 is 34.5 Å². The van der Waals surface area contributed by atoms with Crippen LogP contribution in [0, 0.1) is 0 Å². The highest BCUT2D eigenvalue weighted by Crippen LogP contribution is 2.37. The van der Waals surface area contributed by atoms with Gasteiger partial charge in [0.25, 0.3) is 11.8 Å². The lowest BCUT2D eigenvalue weighted by Crippen LogP contribution is -2.07. The first kappa shape index (κ1) is 15.7.